The Morgan fingerprint density at radius 3 is 2.64 bits per heavy atom. The molecule has 33 heavy (non-hydrogen) atoms. The predicted molar refractivity (Wildman–Crippen MR) is 121 cm³/mol. The summed E-state index contributed by atoms with van der Waals surface area (Å²) in [6, 6.07) is 10.1. The SMILES string of the molecule is C=CC(O)c1cc2n(c(=O)c1COC)Cc1c-2nc2[c-]c[c-]c3c2c1CN(C)C3.CC.[Rb+].[Rb+]. The molecule has 2 aliphatic rings. The molecule has 1 aromatic carbocycles. The number of hydrogen-bond acceptors (Lipinski definition) is 5. The van der Waals surface area contributed by atoms with E-state index in [-0.39, 0.29) is 129 Å². The van der Waals surface area contributed by atoms with Crippen molar-refractivity contribution in [2.75, 3.05) is 14.2 Å². The molecule has 0 spiro atoms. The standard InChI is InChI=1S/C23H21N3O3.C2H6.2Rb/c1-4-20(27)14-8-19-22-16(11-26(19)23(28)17(14)12-29-3)15-10-25(2)9-13-6-5-7-18(24-22)21(13)15;1-2;;/h4-5,8,20,27H,1,9-12H2,2-3H3;1-2H3;;/q-2;;2*+1. The van der Waals surface area contributed by atoms with Crippen LogP contribution in [0.4, 0.5) is 0 Å². The zero-order valence-corrected chi connectivity index (χ0v) is 30.3. The quantitative estimate of drug-likeness (QED) is 0.209. The van der Waals surface area contributed by atoms with E-state index in [2.05, 4.69) is 30.7 Å². The molecule has 1 unspecified atom stereocenters. The van der Waals surface area contributed by atoms with Crippen molar-refractivity contribution in [1.29, 1.82) is 0 Å². The Kier molecular flexibility index (Phi) is 11.7. The van der Waals surface area contributed by atoms with Crippen molar-refractivity contribution in [3.05, 3.63) is 75.1 Å². The molecule has 6 nitrogen and oxygen atoms in total. The van der Waals surface area contributed by atoms with Gasteiger partial charge in [0.15, 0.2) is 0 Å². The number of benzene rings is 1. The van der Waals surface area contributed by atoms with Crippen LogP contribution in [0.15, 0.2) is 29.6 Å². The number of aliphatic hydroxyl groups is 1. The first kappa shape index (κ1) is 30.0. The van der Waals surface area contributed by atoms with Gasteiger partial charge in [-0.05, 0) is 30.8 Å². The van der Waals surface area contributed by atoms with Crippen LogP contribution in [0.1, 0.15) is 47.8 Å². The molecule has 0 saturated carbocycles. The summed E-state index contributed by atoms with van der Waals surface area (Å²) in [6.07, 6.45) is 0.476. The second-order valence-electron chi connectivity index (χ2n) is 7.69. The molecule has 0 radical (unpaired) electrons. The Morgan fingerprint density at radius 2 is 1.97 bits per heavy atom. The van der Waals surface area contributed by atoms with Gasteiger partial charge in [-0.3, -0.25) is 15.3 Å². The molecule has 3 aromatic rings. The first-order chi connectivity index (χ1) is 15.0. The van der Waals surface area contributed by atoms with Crippen LogP contribution in [0.25, 0.3) is 22.3 Å². The van der Waals surface area contributed by atoms with E-state index < -0.39 is 6.10 Å². The summed E-state index contributed by atoms with van der Waals surface area (Å²) in [7, 11) is 3.62. The number of ether oxygens (including phenoxy) is 1. The summed E-state index contributed by atoms with van der Waals surface area (Å²) < 4.78 is 6.97. The third-order valence-corrected chi connectivity index (χ3v) is 5.85. The molecule has 2 aromatic heterocycles. The van der Waals surface area contributed by atoms with Gasteiger partial charge < -0.3 is 37.5 Å². The summed E-state index contributed by atoms with van der Waals surface area (Å²) in [5.74, 6) is 0. The largest absolute Gasteiger partial charge is 1.00 e. The van der Waals surface area contributed by atoms with Gasteiger partial charge in [0.05, 0.1) is 30.6 Å². The third kappa shape index (κ3) is 5.42. The Morgan fingerprint density at radius 1 is 1.24 bits per heavy atom. The zero-order chi connectivity index (χ0) is 22.3. The minimum atomic E-state index is -0.944. The van der Waals surface area contributed by atoms with Gasteiger partial charge in [-0.15, -0.1) is 12.1 Å². The third-order valence-electron chi connectivity index (χ3n) is 5.85. The molecule has 2 aliphatic heterocycles. The van der Waals surface area contributed by atoms with Gasteiger partial charge in [0.2, 0.25) is 0 Å². The Bertz CT molecular complexity index is 1240. The molecule has 0 amide bonds. The maximum absolute atomic E-state index is 13.3. The van der Waals surface area contributed by atoms with Gasteiger partial charge in [0, 0.05) is 19.2 Å². The van der Waals surface area contributed by atoms with E-state index in [1.165, 1.54) is 18.7 Å². The van der Waals surface area contributed by atoms with E-state index in [1.54, 1.807) is 10.6 Å². The van der Waals surface area contributed by atoms with Gasteiger partial charge in [0.1, 0.15) is 0 Å². The average Bonchev–Trinajstić information content (AvgIpc) is 3.15. The second kappa shape index (κ2) is 12.9. The van der Waals surface area contributed by atoms with Crippen LogP contribution in [0.2, 0.25) is 0 Å². The smallest absolute Gasteiger partial charge is 0.384 e. The predicted octanol–water partition coefficient (Wildman–Crippen LogP) is -2.63. The number of hydrogen-bond donors (Lipinski definition) is 1. The Balaban J connectivity index is 0.000000939. The maximum Gasteiger partial charge on any atom is 1.00 e. The van der Waals surface area contributed by atoms with E-state index in [4.69, 9.17) is 9.72 Å². The number of aromatic nitrogens is 2. The zero-order valence-electron chi connectivity index (χ0n) is 20.5. The van der Waals surface area contributed by atoms with Gasteiger partial charge in [0.25, 0.3) is 5.56 Å². The first-order valence-corrected chi connectivity index (χ1v) is 10.5. The van der Waals surface area contributed by atoms with Crippen molar-refractivity contribution in [1.82, 2.24) is 14.5 Å². The average molecular weight is 588 g/mol. The fourth-order valence-corrected chi connectivity index (χ4v) is 4.54. The molecule has 0 aliphatic carbocycles. The van der Waals surface area contributed by atoms with Crippen molar-refractivity contribution >= 4 is 10.9 Å². The van der Waals surface area contributed by atoms with Crippen LogP contribution in [0.3, 0.4) is 0 Å². The molecule has 4 heterocycles. The fourth-order valence-electron chi connectivity index (χ4n) is 4.54. The van der Waals surface area contributed by atoms with Crippen LogP contribution in [-0.2, 0) is 31.0 Å². The Labute approximate surface area is 293 Å². The summed E-state index contributed by atoms with van der Waals surface area (Å²) in [4.78, 5) is 20.4. The van der Waals surface area contributed by atoms with E-state index in [0.29, 0.717) is 17.7 Å². The number of pyridine rings is 2. The van der Waals surface area contributed by atoms with Crippen molar-refractivity contribution in [3.8, 4) is 11.4 Å². The summed E-state index contributed by atoms with van der Waals surface area (Å²) >= 11 is 0. The minimum Gasteiger partial charge on any atom is -0.384 e. The number of aliphatic hydroxyl groups excluding tert-OH is 1. The minimum absolute atomic E-state index is 0. The normalized spacial score (nSPS) is 14.2. The van der Waals surface area contributed by atoms with Crippen LogP contribution in [0, 0.1) is 12.1 Å². The maximum atomic E-state index is 13.3. The van der Waals surface area contributed by atoms with Gasteiger partial charge in [-0.1, -0.05) is 19.9 Å². The molecule has 8 heteroatoms. The molecule has 1 N–H and O–H groups in total. The van der Waals surface area contributed by atoms with E-state index in [0.717, 1.165) is 46.5 Å². The van der Waals surface area contributed by atoms with Gasteiger partial charge >= 0.3 is 116 Å². The molecule has 0 bridgehead atoms. The number of fused-ring (bicyclic) bond motifs is 4. The van der Waals surface area contributed by atoms with Crippen molar-refractivity contribution in [3.63, 3.8) is 0 Å². The van der Waals surface area contributed by atoms with Crippen LogP contribution >= 0.6 is 0 Å². The summed E-state index contributed by atoms with van der Waals surface area (Å²) in [5, 5.41) is 11.5. The van der Waals surface area contributed by atoms with Crippen molar-refractivity contribution in [2.45, 2.75) is 46.2 Å². The van der Waals surface area contributed by atoms with Crippen molar-refractivity contribution in [2.24, 2.45) is 0 Å². The number of nitrogens with zero attached hydrogens (tertiary/aromatic N) is 3. The topological polar surface area (TPSA) is 67.6 Å². The molecule has 162 valence electrons. The van der Waals surface area contributed by atoms with E-state index >= 15 is 0 Å². The summed E-state index contributed by atoms with van der Waals surface area (Å²) in [5.41, 5.74) is 6.47. The van der Waals surface area contributed by atoms with Crippen LogP contribution in [-0.4, -0.2) is 33.7 Å². The molecule has 0 saturated heterocycles. The fraction of sp³-hybridized carbons (Fsp3) is 0.360. The molecular formula is C25H27N3O3Rb2. The van der Waals surface area contributed by atoms with Gasteiger partial charge in [-0.25, -0.2) is 5.39 Å². The number of rotatable bonds is 4. The Hall–Kier alpha value is 0.810. The number of methoxy groups -OCH3 is 1. The molecular weight excluding hydrogens is 561 g/mol. The molecule has 1 atom stereocenters. The van der Waals surface area contributed by atoms with Crippen molar-refractivity contribution < 1.29 is 126 Å². The molecule has 5 rings (SSSR count). The van der Waals surface area contributed by atoms with E-state index in [1.807, 2.05) is 19.9 Å². The van der Waals surface area contributed by atoms with E-state index in [9.17, 15) is 9.90 Å². The van der Waals surface area contributed by atoms with Crippen LogP contribution < -0.4 is 122 Å². The van der Waals surface area contributed by atoms with Gasteiger partial charge in [-0.2, -0.15) is 5.52 Å². The first-order valence-electron chi connectivity index (χ1n) is 10.5. The molecule has 0 fully saturated rings. The second-order valence-corrected chi connectivity index (χ2v) is 7.69. The van der Waals surface area contributed by atoms with Crippen LogP contribution in [0.5, 0.6) is 0 Å². The monoisotopic (exact) mass is 587 g/mol. The summed E-state index contributed by atoms with van der Waals surface area (Å²) in [6.45, 7) is 9.87.